The quantitative estimate of drug-likeness (QED) is 0.315. The summed E-state index contributed by atoms with van der Waals surface area (Å²) in [6, 6.07) is 15.0. The molecule has 5 rings (SSSR count). The lowest BCUT2D eigenvalue weighted by atomic mass is 10.1. The van der Waals surface area contributed by atoms with Crippen molar-refractivity contribution in [1.82, 2.24) is 24.5 Å². The zero-order valence-corrected chi connectivity index (χ0v) is 20.0. The van der Waals surface area contributed by atoms with E-state index in [9.17, 15) is 18.0 Å². The zero-order chi connectivity index (χ0) is 26.9. The number of hydrogen-bond donors (Lipinski definition) is 1. The predicted octanol–water partition coefficient (Wildman–Crippen LogP) is 5.62. The SMILES string of the molecule is Cc1cn(-c2cc(N(c3ccc(C(N)=O)cc3)c3nccc(-c4cccnc4)n3)cc(C(F)(F)F)c2)cn1. The first-order valence-electron chi connectivity index (χ1n) is 11.4. The predicted molar refractivity (Wildman–Crippen MR) is 135 cm³/mol. The molecule has 8 nitrogen and oxygen atoms in total. The number of aromatic nitrogens is 5. The number of imidazole rings is 1. The first-order valence-corrected chi connectivity index (χ1v) is 11.4. The van der Waals surface area contributed by atoms with Gasteiger partial charge in [0, 0.05) is 47.3 Å². The fourth-order valence-corrected chi connectivity index (χ4v) is 3.89. The molecule has 0 saturated carbocycles. The van der Waals surface area contributed by atoms with Gasteiger partial charge in [-0.1, -0.05) is 0 Å². The molecular weight excluding hydrogens is 495 g/mol. The number of pyridine rings is 1. The minimum Gasteiger partial charge on any atom is -0.366 e. The Morgan fingerprint density at radius 1 is 0.974 bits per heavy atom. The Labute approximate surface area is 215 Å². The minimum atomic E-state index is -4.62. The molecule has 11 heteroatoms. The van der Waals surface area contributed by atoms with Gasteiger partial charge in [0.15, 0.2) is 0 Å². The maximum absolute atomic E-state index is 14.0. The Morgan fingerprint density at radius 2 is 1.76 bits per heavy atom. The van der Waals surface area contributed by atoms with Gasteiger partial charge in [-0.05, 0) is 67.6 Å². The van der Waals surface area contributed by atoms with Crippen LogP contribution in [0.5, 0.6) is 0 Å². The van der Waals surface area contributed by atoms with E-state index in [2.05, 4.69) is 19.9 Å². The number of amides is 1. The second-order valence-electron chi connectivity index (χ2n) is 8.39. The van der Waals surface area contributed by atoms with Gasteiger partial charge in [0.25, 0.3) is 0 Å². The van der Waals surface area contributed by atoms with Crippen LogP contribution in [0.3, 0.4) is 0 Å². The lowest BCUT2D eigenvalue weighted by Crippen LogP contribution is -2.16. The first kappa shape index (κ1) is 24.6. The van der Waals surface area contributed by atoms with E-state index >= 15 is 0 Å². The smallest absolute Gasteiger partial charge is 0.366 e. The highest BCUT2D eigenvalue weighted by molar-refractivity contribution is 5.93. The van der Waals surface area contributed by atoms with Crippen LogP contribution in [0.25, 0.3) is 16.9 Å². The third-order valence-electron chi connectivity index (χ3n) is 5.71. The van der Waals surface area contributed by atoms with Crippen molar-refractivity contribution in [3.63, 3.8) is 0 Å². The van der Waals surface area contributed by atoms with Gasteiger partial charge in [-0.15, -0.1) is 0 Å². The van der Waals surface area contributed by atoms with E-state index in [-0.39, 0.29) is 22.9 Å². The van der Waals surface area contributed by atoms with Crippen LogP contribution >= 0.6 is 0 Å². The molecule has 190 valence electrons. The fraction of sp³-hybridized carbons (Fsp3) is 0.0741. The highest BCUT2D eigenvalue weighted by Crippen LogP contribution is 2.39. The summed E-state index contributed by atoms with van der Waals surface area (Å²) in [5, 5.41) is 0. The maximum atomic E-state index is 14.0. The number of nitrogens with zero attached hydrogens (tertiary/aromatic N) is 6. The zero-order valence-electron chi connectivity index (χ0n) is 20.0. The lowest BCUT2D eigenvalue weighted by molar-refractivity contribution is -0.137. The third-order valence-corrected chi connectivity index (χ3v) is 5.71. The Kier molecular flexibility index (Phi) is 6.33. The molecule has 0 saturated heterocycles. The van der Waals surface area contributed by atoms with E-state index in [0.717, 1.165) is 12.1 Å². The average molecular weight is 515 g/mol. The largest absolute Gasteiger partial charge is 0.416 e. The van der Waals surface area contributed by atoms with E-state index in [1.54, 1.807) is 55.8 Å². The Bertz CT molecular complexity index is 1600. The molecule has 0 aliphatic heterocycles. The number of benzene rings is 2. The lowest BCUT2D eigenvalue weighted by Gasteiger charge is -2.25. The van der Waals surface area contributed by atoms with Crippen LogP contribution in [0.4, 0.5) is 30.5 Å². The number of primary amides is 1. The number of nitrogens with two attached hydrogens (primary N) is 1. The molecule has 0 fully saturated rings. The van der Waals surface area contributed by atoms with Crippen LogP contribution in [0.2, 0.25) is 0 Å². The monoisotopic (exact) mass is 515 g/mol. The van der Waals surface area contributed by atoms with Crippen LogP contribution in [0.1, 0.15) is 21.6 Å². The molecular formula is C27H20F3N7O. The number of carbonyl (C=O) groups is 1. The summed E-state index contributed by atoms with van der Waals surface area (Å²) >= 11 is 0. The molecule has 38 heavy (non-hydrogen) atoms. The number of anilines is 3. The molecule has 0 unspecified atom stereocenters. The Balaban J connectivity index is 1.73. The molecule has 5 aromatic rings. The third kappa shape index (κ3) is 5.07. The summed E-state index contributed by atoms with van der Waals surface area (Å²) in [4.78, 5) is 30.4. The molecule has 2 N–H and O–H groups in total. The molecule has 3 heterocycles. The summed E-state index contributed by atoms with van der Waals surface area (Å²) in [7, 11) is 0. The van der Waals surface area contributed by atoms with Crippen molar-refractivity contribution in [1.29, 1.82) is 0 Å². The van der Waals surface area contributed by atoms with Gasteiger partial charge in [0.05, 0.1) is 29.0 Å². The van der Waals surface area contributed by atoms with Crippen molar-refractivity contribution in [2.45, 2.75) is 13.1 Å². The molecule has 1 amide bonds. The molecule has 0 aliphatic rings. The number of hydrogen-bond acceptors (Lipinski definition) is 6. The Hall–Kier alpha value is -5.06. The van der Waals surface area contributed by atoms with Crippen molar-refractivity contribution in [3.8, 4) is 16.9 Å². The van der Waals surface area contributed by atoms with Gasteiger partial charge in [0.1, 0.15) is 0 Å². The minimum absolute atomic E-state index is 0.116. The standard InChI is InChI=1S/C27H20F3N7O/c1-17-15-36(16-34-17)22-11-20(27(28,29)30)12-23(13-22)37(21-6-4-18(5-7-21)25(31)38)26-33-10-8-24(35-26)19-3-2-9-32-14-19/h2-16H,1H3,(H2,31,38). The fourth-order valence-electron chi connectivity index (χ4n) is 3.89. The highest BCUT2D eigenvalue weighted by Gasteiger charge is 2.32. The summed E-state index contributed by atoms with van der Waals surface area (Å²) in [5.74, 6) is -0.514. The summed E-state index contributed by atoms with van der Waals surface area (Å²) in [6.07, 6.45) is 3.22. The molecule has 0 aliphatic carbocycles. The van der Waals surface area contributed by atoms with Crippen molar-refractivity contribution in [2.24, 2.45) is 5.73 Å². The molecule has 0 spiro atoms. The highest BCUT2D eigenvalue weighted by atomic mass is 19.4. The second kappa shape index (κ2) is 9.77. The van der Waals surface area contributed by atoms with Gasteiger partial charge >= 0.3 is 6.18 Å². The molecule has 0 atom stereocenters. The second-order valence-corrected chi connectivity index (χ2v) is 8.39. The van der Waals surface area contributed by atoms with Crippen molar-refractivity contribution >= 4 is 23.2 Å². The van der Waals surface area contributed by atoms with Gasteiger partial charge in [0.2, 0.25) is 11.9 Å². The number of carbonyl (C=O) groups excluding carboxylic acids is 1. The number of halogens is 3. The van der Waals surface area contributed by atoms with E-state index in [1.807, 2.05) is 6.07 Å². The summed E-state index contributed by atoms with van der Waals surface area (Å²) < 4.78 is 43.6. The van der Waals surface area contributed by atoms with Crippen LogP contribution in [-0.2, 0) is 6.18 Å². The van der Waals surface area contributed by atoms with E-state index in [4.69, 9.17) is 5.73 Å². The number of aryl methyl sites for hydroxylation is 1. The van der Waals surface area contributed by atoms with Crippen LogP contribution in [0.15, 0.2) is 91.8 Å². The topological polar surface area (TPSA) is 103 Å². The van der Waals surface area contributed by atoms with Gasteiger partial charge < -0.3 is 10.3 Å². The Morgan fingerprint density at radius 3 is 2.39 bits per heavy atom. The van der Waals surface area contributed by atoms with Crippen LogP contribution in [0, 0.1) is 6.92 Å². The summed E-state index contributed by atoms with van der Waals surface area (Å²) in [5.41, 5.74) is 7.47. The van der Waals surface area contributed by atoms with Gasteiger partial charge in [-0.25, -0.2) is 15.0 Å². The van der Waals surface area contributed by atoms with Gasteiger partial charge in [-0.2, -0.15) is 13.2 Å². The summed E-state index contributed by atoms with van der Waals surface area (Å²) in [6.45, 7) is 1.75. The van der Waals surface area contributed by atoms with Crippen molar-refractivity contribution in [3.05, 3.63) is 109 Å². The average Bonchev–Trinajstić information content (AvgIpc) is 3.35. The number of alkyl halides is 3. The normalized spacial score (nSPS) is 11.4. The first-order chi connectivity index (χ1) is 18.2. The van der Waals surface area contributed by atoms with Gasteiger partial charge in [-0.3, -0.25) is 14.7 Å². The van der Waals surface area contributed by atoms with Crippen molar-refractivity contribution in [2.75, 3.05) is 4.90 Å². The van der Waals surface area contributed by atoms with Crippen molar-refractivity contribution < 1.29 is 18.0 Å². The van der Waals surface area contributed by atoms with Crippen LogP contribution in [-0.4, -0.2) is 30.4 Å². The van der Waals surface area contributed by atoms with E-state index in [1.165, 1.54) is 34.1 Å². The molecule has 3 aromatic heterocycles. The molecule has 0 radical (unpaired) electrons. The molecule has 0 bridgehead atoms. The van der Waals surface area contributed by atoms with E-state index < -0.39 is 17.6 Å². The number of rotatable bonds is 6. The molecule has 2 aromatic carbocycles. The maximum Gasteiger partial charge on any atom is 0.416 e. The van der Waals surface area contributed by atoms with Crippen LogP contribution < -0.4 is 10.6 Å². The van der Waals surface area contributed by atoms with E-state index in [0.29, 0.717) is 22.6 Å².